The van der Waals surface area contributed by atoms with Crippen molar-refractivity contribution in [3.63, 3.8) is 0 Å². The van der Waals surface area contributed by atoms with Crippen molar-refractivity contribution < 1.29 is 9.47 Å². The van der Waals surface area contributed by atoms with E-state index in [1.54, 1.807) is 25.3 Å². The molecule has 0 fully saturated rings. The Kier molecular flexibility index (Phi) is 4.73. The first kappa shape index (κ1) is 12.2. The molecule has 1 aromatic rings. The Bertz CT molecular complexity index is 378. The van der Waals surface area contributed by atoms with Gasteiger partial charge < -0.3 is 9.47 Å². The number of nitriles is 1. The fraction of sp³-hybridized carbons (Fsp3) is 0.300. The van der Waals surface area contributed by atoms with Gasteiger partial charge in [-0.3, -0.25) is 0 Å². The normalized spacial score (nSPS) is 11.6. The summed E-state index contributed by atoms with van der Waals surface area (Å²) in [5.41, 5.74) is 0. The standard InChI is InChI=1S/C10H9BrClNO2/c1-14-8-2-3-10(9(11)4-8)15-6-7(12)5-13/h2-4,7H,6H2,1H3. The topological polar surface area (TPSA) is 42.2 Å². The molecule has 1 aromatic carbocycles. The number of benzene rings is 1. The molecule has 3 nitrogen and oxygen atoms in total. The molecule has 1 atom stereocenters. The number of halogens is 2. The molecule has 1 unspecified atom stereocenters. The van der Waals surface area contributed by atoms with Gasteiger partial charge in [0.15, 0.2) is 5.38 Å². The Hall–Kier alpha value is -0.920. The smallest absolute Gasteiger partial charge is 0.154 e. The highest BCUT2D eigenvalue weighted by atomic mass is 79.9. The first-order valence-electron chi connectivity index (χ1n) is 4.17. The molecule has 0 heterocycles. The number of alkyl halides is 1. The average molecular weight is 291 g/mol. The molecule has 15 heavy (non-hydrogen) atoms. The lowest BCUT2D eigenvalue weighted by molar-refractivity contribution is 0.326. The molecule has 0 aliphatic rings. The summed E-state index contributed by atoms with van der Waals surface area (Å²) in [7, 11) is 1.59. The number of hydrogen-bond acceptors (Lipinski definition) is 3. The van der Waals surface area contributed by atoms with Gasteiger partial charge in [-0.15, -0.1) is 11.6 Å². The summed E-state index contributed by atoms with van der Waals surface area (Å²) in [6.45, 7) is 0.156. The van der Waals surface area contributed by atoms with Crippen molar-refractivity contribution in [2.45, 2.75) is 5.38 Å². The van der Waals surface area contributed by atoms with Crippen molar-refractivity contribution in [3.8, 4) is 17.6 Å². The predicted octanol–water partition coefficient (Wildman–Crippen LogP) is 2.97. The second-order valence-corrected chi connectivity index (χ2v) is 4.09. The van der Waals surface area contributed by atoms with Gasteiger partial charge in [-0.2, -0.15) is 5.26 Å². The van der Waals surface area contributed by atoms with E-state index in [1.807, 2.05) is 6.07 Å². The lowest BCUT2D eigenvalue weighted by atomic mass is 10.3. The molecule has 1 rings (SSSR count). The summed E-state index contributed by atoms with van der Waals surface area (Å²) in [4.78, 5) is 0. The van der Waals surface area contributed by atoms with Crippen LogP contribution in [0.5, 0.6) is 11.5 Å². The Labute approximate surface area is 102 Å². The van der Waals surface area contributed by atoms with E-state index in [-0.39, 0.29) is 6.61 Å². The van der Waals surface area contributed by atoms with Crippen molar-refractivity contribution in [1.29, 1.82) is 5.26 Å². The average Bonchev–Trinajstić information content (AvgIpc) is 2.26. The van der Waals surface area contributed by atoms with Gasteiger partial charge in [0.2, 0.25) is 0 Å². The summed E-state index contributed by atoms with van der Waals surface area (Å²) < 4.78 is 11.1. The van der Waals surface area contributed by atoms with Gasteiger partial charge in [0, 0.05) is 0 Å². The van der Waals surface area contributed by atoms with Crippen LogP contribution in [-0.4, -0.2) is 19.1 Å². The second-order valence-electron chi connectivity index (χ2n) is 2.70. The number of hydrogen-bond donors (Lipinski definition) is 0. The zero-order chi connectivity index (χ0) is 11.3. The molecule has 0 aliphatic heterocycles. The fourth-order valence-corrected chi connectivity index (χ4v) is 1.46. The van der Waals surface area contributed by atoms with Crippen molar-refractivity contribution in [2.75, 3.05) is 13.7 Å². The molecule has 0 bridgehead atoms. The summed E-state index contributed by atoms with van der Waals surface area (Å²) in [6, 6.07) is 7.19. The summed E-state index contributed by atoms with van der Waals surface area (Å²) in [5, 5.41) is 7.83. The van der Waals surface area contributed by atoms with Crippen LogP contribution in [0.1, 0.15) is 0 Å². The van der Waals surface area contributed by atoms with Crippen molar-refractivity contribution in [1.82, 2.24) is 0 Å². The summed E-state index contributed by atoms with van der Waals surface area (Å²) in [6.07, 6.45) is 0. The van der Waals surface area contributed by atoms with E-state index in [0.717, 1.165) is 10.2 Å². The number of ether oxygens (including phenoxy) is 2. The van der Waals surface area contributed by atoms with Crippen LogP contribution >= 0.6 is 27.5 Å². The van der Waals surface area contributed by atoms with Crippen molar-refractivity contribution in [3.05, 3.63) is 22.7 Å². The van der Waals surface area contributed by atoms with Crippen LogP contribution in [0.25, 0.3) is 0 Å². The molecular formula is C10H9BrClNO2. The van der Waals surface area contributed by atoms with E-state index >= 15 is 0 Å². The van der Waals surface area contributed by atoms with E-state index in [2.05, 4.69) is 15.9 Å². The third kappa shape index (κ3) is 3.61. The molecule has 0 radical (unpaired) electrons. The molecule has 0 aliphatic carbocycles. The van der Waals surface area contributed by atoms with Crippen molar-refractivity contribution in [2.24, 2.45) is 0 Å². The third-order valence-electron chi connectivity index (χ3n) is 1.66. The summed E-state index contributed by atoms with van der Waals surface area (Å²) in [5.74, 6) is 1.37. The maximum Gasteiger partial charge on any atom is 0.154 e. The lowest BCUT2D eigenvalue weighted by Gasteiger charge is -2.09. The van der Waals surface area contributed by atoms with Crippen LogP contribution in [0.15, 0.2) is 22.7 Å². The molecule has 5 heteroatoms. The van der Waals surface area contributed by atoms with E-state index in [4.69, 9.17) is 26.3 Å². The highest BCUT2D eigenvalue weighted by molar-refractivity contribution is 9.10. The maximum atomic E-state index is 8.47. The predicted molar refractivity (Wildman–Crippen MR) is 61.4 cm³/mol. The molecule has 0 N–H and O–H groups in total. The van der Waals surface area contributed by atoms with Crippen LogP contribution in [0, 0.1) is 11.3 Å². The number of rotatable bonds is 4. The molecular weight excluding hydrogens is 281 g/mol. The largest absolute Gasteiger partial charge is 0.497 e. The van der Waals surface area contributed by atoms with Gasteiger partial charge in [0.1, 0.15) is 18.1 Å². The van der Waals surface area contributed by atoms with E-state index in [9.17, 15) is 0 Å². The van der Waals surface area contributed by atoms with Crippen molar-refractivity contribution >= 4 is 27.5 Å². The second kappa shape index (κ2) is 5.84. The summed E-state index contributed by atoms with van der Waals surface area (Å²) >= 11 is 8.93. The molecule has 0 amide bonds. The Morgan fingerprint density at radius 1 is 1.60 bits per heavy atom. The highest BCUT2D eigenvalue weighted by Gasteiger charge is 2.06. The third-order valence-corrected chi connectivity index (χ3v) is 2.51. The molecule has 0 saturated heterocycles. The van der Waals surface area contributed by atoms with Crippen LogP contribution in [-0.2, 0) is 0 Å². The van der Waals surface area contributed by atoms with Crippen LogP contribution in [0.2, 0.25) is 0 Å². The van der Waals surface area contributed by atoms with Crippen LogP contribution in [0.3, 0.4) is 0 Å². The minimum absolute atomic E-state index is 0.156. The number of nitrogens with zero attached hydrogens (tertiary/aromatic N) is 1. The van der Waals surface area contributed by atoms with Gasteiger partial charge in [-0.25, -0.2) is 0 Å². The lowest BCUT2D eigenvalue weighted by Crippen LogP contribution is -2.09. The molecule has 80 valence electrons. The Balaban J connectivity index is 2.67. The quantitative estimate of drug-likeness (QED) is 0.801. The minimum Gasteiger partial charge on any atom is -0.497 e. The van der Waals surface area contributed by atoms with Crippen LogP contribution in [0.4, 0.5) is 0 Å². The van der Waals surface area contributed by atoms with E-state index in [1.165, 1.54) is 0 Å². The zero-order valence-electron chi connectivity index (χ0n) is 8.04. The maximum absolute atomic E-state index is 8.47. The minimum atomic E-state index is -0.640. The van der Waals surface area contributed by atoms with E-state index < -0.39 is 5.38 Å². The monoisotopic (exact) mass is 289 g/mol. The SMILES string of the molecule is COc1ccc(OCC(Cl)C#N)c(Br)c1. The Morgan fingerprint density at radius 2 is 2.33 bits per heavy atom. The first-order valence-corrected chi connectivity index (χ1v) is 5.40. The Morgan fingerprint density at radius 3 is 2.87 bits per heavy atom. The first-order chi connectivity index (χ1) is 7.17. The van der Waals surface area contributed by atoms with Gasteiger partial charge in [-0.1, -0.05) is 0 Å². The fourth-order valence-electron chi connectivity index (χ4n) is 0.926. The molecule has 0 aromatic heterocycles. The van der Waals surface area contributed by atoms with Crippen LogP contribution < -0.4 is 9.47 Å². The van der Waals surface area contributed by atoms with Gasteiger partial charge in [0.05, 0.1) is 17.7 Å². The van der Waals surface area contributed by atoms with E-state index in [0.29, 0.717) is 5.75 Å². The molecule has 0 saturated carbocycles. The zero-order valence-corrected chi connectivity index (χ0v) is 10.4. The molecule has 0 spiro atoms. The highest BCUT2D eigenvalue weighted by Crippen LogP contribution is 2.29. The van der Waals surface area contributed by atoms with Gasteiger partial charge in [0.25, 0.3) is 0 Å². The van der Waals surface area contributed by atoms with Gasteiger partial charge in [-0.05, 0) is 34.1 Å². The number of methoxy groups -OCH3 is 1. The van der Waals surface area contributed by atoms with Gasteiger partial charge >= 0.3 is 0 Å².